The predicted molar refractivity (Wildman–Crippen MR) is 49.0 cm³/mol. The van der Waals surface area contributed by atoms with Gasteiger partial charge in [0, 0.05) is 0 Å². The van der Waals surface area contributed by atoms with Crippen LogP contribution < -0.4 is 5.56 Å². The number of hydrogen-bond donors (Lipinski definition) is 1. The number of hydrogen-bond acceptors (Lipinski definition) is 2. The number of nitrogens with zero attached hydrogens (tertiary/aromatic N) is 1. The lowest BCUT2D eigenvalue weighted by Crippen LogP contribution is -2.12. The van der Waals surface area contributed by atoms with Gasteiger partial charge in [-0.3, -0.25) is 4.79 Å². The van der Waals surface area contributed by atoms with Gasteiger partial charge >= 0.3 is 0 Å². The maximum Gasteiger partial charge on any atom is 0.278 e. The lowest BCUT2D eigenvalue weighted by Gasteiger charge is -2.05. The van der Waals surface area contributed by atoms with Gasteiger partial charge < -0.3 is 4.98 Å². The van der Waals surface area contributed by atoms with Crippen molar-refractivity contribution in [1.29, 1.82) is 5.26 Å². The third-order valence-corrected chi connectivity index (χ3v) is 2.19. The summed E-state index contributed by atoms with van der Waals surface area (Å²) in [6, 6.07) is 2.99. The second-order valence-corrected chi connectivity index (χ2v) is 3.38. The van der Waals surface area contributed by atoms with Gasteiger partial charge in [0.15, 0.2) is 0 Å². The first kappa shape index (κ1) is 10.9. The van der Waals surface area contributed by atoms with Crippen LogP contribution in [0.15, 0.2) is 15.3 Å². The Morgan fingerprint density at radius 2 is 2.29 bits per heavy atom. The number of aromatic amines is 1. The molecule has 0 fully saturated rings. The van der Waals surface area contributed by atoms with Gasteiger partial charge in [0.1, 0.15) is 0 Å². The zero-order chi connectivity index (χ0) is 10.7. The normalized spacial score (nSPS) is 10.2. The largest absolute Gasteiger partial charge is 0.320 e. The van der Waals surface area contributed by atoms with E-state index in [-0.39, 0.29) is 16.5 Å². The molecule has 0 bridgehead atoms. The van der Waals surface area contributed by atoms with Gasteiger partial charge in [0.05, 0.1) is 22.7 Å². The number of H-pyrrole nitrogens is 1. The van der Waals surface area contributed by atoms with Crippen LogP contribution in [0.5, 0.6) is 0 Å². The van der Waals surface area contributed by atoms with Crippen molar-refractivity contribution < 1.29 is 8.78 Å². The van der Waals surface area contributed by atoms with Crippen LogP contribution in [0.2, 0.25) is 0 Å². The van der Waals surface area contributed by atoms with E-state index in [9.17, 15) is 13.6 Å². The second kappa shape index (κ2) is 4.33. The molecule has 0 amide bonds. The Hall–Kier alpha value is -1.22. The maximum atomic E-state index is 12.4. The van der Waals surface area contributed by atoms with Crippen LogP contribution in [0.4, 0.5) is 8.78 Å². The highest BCUT2D eigenvalue weighted by molar-refractivity contribution is 9.10. The standard InChI is InChI=1S/C8H5BrF2N2O/c9-5-3-4(1-2-12)6(7(10)11)13-8(5)14/h3,7H,1H2,(H,13,14). The maximum absolute atomic E-state index is 12.4. The zero-order valence-corrected chi connectivity index (χ0v) is 8.44. The van der Waals surface area contributed by atoms with E-state index in [1.165, 1.54) is 6.07 Å². The molecule has 3 nitrogen and oxygen atoms in total. The minimum Gasteiger partial charge on any atom is -0.320 e. The molecule has 14 heavy (non-hydrogen) atoms. The average molecular weight is 263 g/mol. The van der Waals surface area contributed by atoms with E-state index in [0.29, 0.717) is 0 Å². The first-order valence-electron chi connectivity index (χ1n) is 3.63. The molecule has 0 saturated heterocycles. The molecule has 1 N–H and O–H groups in total. The van der Waals surface area contributed by atoms with Crippen LogP contribution in [0.3, 0.4) is 0 Å². The Labute approximate surface area is 86.5 Å². The number of rotatable bonds is 2. The number of nitriles is 1. The summed E-state index contributed by atoms with van der Waals surface area (Å²) in [6.45, 7) is 0. The summed E-state index contributed by atoms with van der Waals surface area (Å²) < 4.78 is 24.9. The summed E-state index contributed by atoms with van der Waals surface area (Å²) in [5, 5.41) is 8.38. The highest BCUT2D eigenvalue weighted by Crippen LogP contribution is 2.21. The Kier molecular flexibility index (Phi) is 3.36. The van der Waals surface area contributed by atoms with Crippen molar-refractivity contribution in [1.82, 2.24) is 4.98 Å². The summed E-state index contributed by atoms with van der Waals surface area (Å²) in [4.78, 5) is 13.0. The molecule has 1 rings (SSSR count). The summed E-state index contributed by atoms with van der Waals surface area (Å²) in [5.74, 6) is 0. The van der Waals surface area contributed by atoms with E-state index < -0.39 is 17.7 Å². The van der Waals surface area contributed by atoms with Gasteiger partial charge in [-0.05, 0) is 27.6 Å². The molecular formula is C8H5BrF2N2O. The summed E-state index contributed by atoms with van der Waals surface area (Å²) in [5.41, 5.74) is -0.976. The van der Waals surface area contributed by atoms with Crippen LogP contribution in [0.1, 0.15) is 17.7 Å². The van der Waals surface area contributed by atoms with Crippen molar-refractivity contribution in [3.8, 4) is 6.07 Å². The van der Waals surface area contributed by atoms with E-state index in [1.54, 1.807) is 6.07 Å². The fraction of sp³-hybridized carbons (Fsp3) is 0.250. The lowest BCUT2D eigenvalue weighted by molar-refractivity contribution is 0.144. The Balaban J connectivity index is 3.33. The molecule has 0 aliphatic heterocycles. The van der Waals surface area contributed by atoms with Crippen LogP contribution in [0.25, 0.3) is 0 Å². The minimum absolute atomic E-state index is 0.133. The fourth-order valence-electron chi connectivity index (χ4n) is 0.985. The molecule has 1 aromatic rings. The van der Waals surface area contributed by atoms with Gasteiger partial charge in [-0.25, -0.2) is 8.78 Å². The minimum atomic E-state index is -2.78. The van der Waals surface area contributed by atoms with E-state index in [1.807, 2.05) is 4.98 Å². The molecule has 1 heterocycles. The van der Waals surface area contributed by atoms with Gasteiger partial charge in [-0.15, -0.1) is 0 Å². The van der Waals surface area contributed by atoms with E-state index in [2.05, 4.69) is 15.9 Å². The van der Waals surface area contributed by atoms with Crippen molar-refractivity contribution in [3.63, 3.8) is 0 Å². The summed E-state index contributed by atoms with van der Waals surface area (Å²) >= 11 is 2.90. The Bertz CT molecular complexity index is 436. The molecule has 74 valence electrons. The second-order valence-electron chi connectivity index (χ2n) is 2.52. The molecule has 6 heteroatoms. The number of pyridine rings is 1. The van der Waals surface area contributed by atoms with E-state index >= 15 is 0 Å². The first-order valence-corrected chi connectivity index (χ1v) is 4.42. The Morgan fingerprint density at radius 3 is 2.79 bits per heavy atom. The number of nitrogens with one attached hydrogen (secondary N) is 1. The van der Waals surface area contributed by atoms with Gasteiger partial charge in [0.25, 0.3) is 12.0 Å². The number of alkyl halides is 2. The monoisotopic (exact) mass is 262 g/mol. The molecule has 0 aromatic carbocycles. The van der Waals surface area contributed by atoms with E-state index in [0.717, 1.165) is 0 Å². The van der Waals surface area contributed by atoms with Crippen LogP contribution in [-0.4, -0.2) is 4.98 Å². The molecule has 0 radical (unpaired) electrons. The van der Waals surface area contributed by atoms with Crippen molar-refractivity contribution >= 4 is 15.9 Å². The molecule has 0 saturated carbocycles. The van der Waals surface area contributed by atoms with Crippen molar-refractivity contribution in [3.05, 3.63) is 32.2 Å². The van der Waals surface area contributed by atoms with Gasteiger partial charge in [-0.1, -0.05) is 0 Å². The third kappa shape index (κ3) is 2.17. The molecule has 0 atom stereocenters. The highest BCUT2D eigenvalue weighted by atomic mass is 79.9. The van der Waals surface area contributed by atoms with Crippen LogP contribution in [-0.2, 0) is 6.42 Å². The molecule has 0 unspecified atom stereocenters. The first-order chi connectivity index (χ1) is 6.56. The number of aromatic nitrogens is 1. The van der Waals surface area contributed by atoms with Gasteiger partial charge in [0.2, 0.25) is 0 Å². The molecule has 0 spiro atoms. The van der Waals surface area contributed by atoms with Crippen molar-refractivity contribution in [2.45, 2.75) is 12.8 Å². The topological polar surface area (TPSA) is 56.6 Å². The van der Waals surface area contributed by atoms with Crippen LogP contribution >= 0.6 is 15.9 Å². The summed E-state index contributed by atoms with van der Waals surface area (Å²) in [6.07, 6.45) is -2.94. The zero-order valence-electron chi connectivity index (χ0n) is 6.85. The van der Waals surface area contributed by atoms with Crippen molar-refractivity contribution in [2.24, 2.45) is 0 Å². The van der Waals surface area contributed by atoms with Gasteiger partial charge in [-0.2, -0.15) is 5.26 Å². The van der Waals surface area contributed by atoms with E-state index in [4.69, 9.17) is 5.26 Å². The SMILES string of the molecule is N#CCc1cc(Br)c(=O)[nH]c1C(F)F. The smallest absolute Gasteiger partial charge is 0.278 e. The quantitative estimate of drug-likeness (QED) is 0.888. The predicted octanol–water partition coefficient (Wildman–Crippen LogP) is 2.14. The Morgan fingerprint density at radius 1 is 1.64 bits per heavy atom. The lowest BCUT2D eigenvalue weighted by atomic mass is 10.1. The molecule has 0 aliphatic rings. The van der Waals surface area contributed by atoms with Crippen molar-refractivity contribution in [2.75, 3.05) is 0 Å². The molecule has 0 aliphatic carbocycles. The highest BCUT2D eigenvalue weighted by Gasteiger charge is 2.15. The molecular weight excluding hydrogens is 258 g/mol. The van der Waals surface area contributed by atoms with Crippen LogP contribution in [0, 0.1) is 11.3 Å². The number of halogens is 3. The third-order valence-electron chi connectivity index (χ3n) is 1.60. The fourth-order valence-corrected chi connectivity index (χ4v) is 1.36. The molecule has 1 aromatic heterocycles. The average Bonchev–Trinajstić information content (AvgIpc) is 2.11. The summed E-state index contributed by atoms with van der Waals surface area (Å²) in [7, 11) is 0.